The number of thiophene rings is 1. The van der Waals surface area contributed by atoms with Gasteiger partial charge in [0, 0.05) is 12.7 Å². The molecule has 184 valence electrons. The van der Waals surface area contributed by atoms with Crippen molar-refractivity contribution in [2.24, 2.45) is 0 Å². The average Bonchev–Trinajstić information content (AvgIpc) is 3.63. The molecule has 0 N–H and O–H groups in total. The molecule has 1 atom stereocenters. The number of unbranched alkanes of at least 4 members (excludes halogenated alkanes) is 1. The number of anilines is 1. The summed E-state index contributed by atoms with van der Waals surface area (Å²) in [6, 6.07) is 23.2. The Kier molecular flexibility index (Phi) is 6.91. The Balaban J connectivity index is 1.56. The molecule has 0 fully saturated rings. The fraction of sp³-hybridized carbons (Fsp3) is 0.241. The standard InChI is InChI=1S/C29H29N3O3S/c1-3-4-17-30(29(34)26-12-8-19-36-26)20-27(33)32-24-10-6-5-9-23(24)31-18-7-11-25(31)28(32)21-13-15-22(35-2)16-14-21/h5-16,18-19,28H,3-4,17,20H2,1-2H3. The lowest BCUT2D eigenvalue weighted by Gasteiger charge is -2.39. The number of nitrogens with zero attached hydrogens (tertiary/aromatic N) is 3. The van der Waals surface area contributed by atoms with Crippen LogP contribution >= 0.6 is 11.3 Å². The van der Waals surface area contributed by atoms with Gasteiger partial charge in [0.25, 0.3) is 5.91 Å². The van der Waals surface area contributed by atoms with Crippen LogP contribution in [0.25, 0.3) is 5.69 Å². The van der Waals surface area contributed by atoms with Crippen LogP contribution < -0.4 is 9.64 Å². The molecular formula is C29H29N3O3S. The fourth-order valence-corrected chi connectivity index (χ4v) is 5.45. The summed E-state index contributed by atoms with van der Waals surface area (Å²) >= 11 is 1.41. The molecule has 4 aromatic rings. The van der Waals surface area contributed by atoms with Gasteiger partial charge in [0.2, 0.25) is 5.91 Å². The van der Waals surface area contributed by atoms with Crippen LogP contribution in [-0.2, 0) is 4.79 Å². The summed E-state index contributed by atoms with van der Waals surface area (Å²) in [5.41, 5.74) is 3.74. The van der Waals surface area contributed by atoms with Crippen LogP contribution in [0.5, 0.6) is 5.75 Å². The Hall–Kier alpha value is -3.84. The molecule has 0 bridgehead atoms. The van der Waals surface area contributed by atoms with E-state index in [-0.39, 0.29) is 24.4 Å². The number of carbonyl (C=O) groups excluding carboxylic acids is 2. The van der Waals surface area contributed by atoms with Crippen molar-refractivity contribution in [3.63, 3.8) is 0 Å². The lowest BCUT2D eigenvalue weighted by Crippen LogP contribution is -2.47. The molecule has 0 spiro atoms. The minimum absolute atomic E-state index is 0.0123. The summed E-state index contributed by atoms with van der Waals surface area (Å²) < 4.78 is 7.50. The van der Waals surface area contributed by atoms with E-state index < -0.39 is 0 Å². The van der Waals surface area contributed by atoms with Crippen LogP contribution in [0.4, 0.5) is 5.69 Å². The largest absolute Gasteiger partial charge is 0.497 e. The van der Waals surface area contributed by atoms with Gasteiger partial charge in [0.15, 0.2) is 0 Å². The van der Waals surface area contributed by atoms with E-state index in [0.717, 1.165) is 41.2 Å². The van der Waals surface area contributed by atoms with Crippen molar-refractivity contribution in [2.45, 2.75) is 25.8 Å². The van der Waals surface area contributed by atoms with E-state index >= 15 is 0 Å². The van der Waals surface area contributed by atoms with Gasteiger partial charge in [-0.2, -0.15) is 0 Å². The number of benzene rings is 2. The van der Waals surface area contributed by atoms with Crippen molar-refractivity contribution >= 4 is 28.8 Å². The molecule has 5 rings (SSSR count). The highest BCUT2D eigenvalue weighted by Gasteiger charge is 2.37. The number of carbonyl (C=O) groups is 2. The third kappa shape index (κ3) is 4.42. The lowest BCUT2D eigenvalue weighted by atomic mass is 9.97. The van der Waals surface area contributed by atoms with Crippen molar-refractivity contribution in [2.75, 3.05) is 25.1 Å². The zero-order chi connectivity index (χ0) is 25.1. The molecule has 0 radical (unpaired) electrons. The summed E-state index contributed by atoms with van der Waals surface area (Å²) in [4.78, 5) is 31.7. The van der Waals surface area contributed by atoms with Gasteiger partial charge in [0.05, 0.1) is 29.1 Å². The number of hydrogen-bond acceptors (Lipinski definition) is 4. The maximum absolute atomic E-state index is 14.1. The number of ether oxygens (including phenoxy) is 1. The van der Waals surface area contributed by atoms with Gasteiger partial charge in [-0.25, -0.2) is 0 Å². The third-order valence-corrected chi connectivity index (χ3v) is 7.40. The number of hydrogen-bond donors (Lipinski definition) is 0. The molecular weight excluding hydrogens is 470 g/mol. The molecule has 2 aromatic carbocycles. The van der Waals surface area contributed by atoms with E-state index in [2.05, 4.69) is 17.6 Å². The maximum atomic E-state index is 14.1. The lowest BCUT2D eigenvalue weighted by molar-refractivity contribution is -0.119. The number of fused-ring (bicyclic) bond motifs is 3. The molecule has 1 aliphatic rings. The van der Waals surface area contributed by atoms with Crippen molar-refractivity contribution < 1.29 is 14.3 Å². The van der Waals surface area contributed by atoms with Gasteiger partial charge in [0.1, 0.15) is 18.3 Å². The van der Waals surface area contributed by atoms with E-state index in [1.165, 1.54) is 11.3 Å². The Labute approximate surface area is 215 Å². The number of amides is 2. The Morgan fingerprint density at radius 1 is 0.972 bits per heavy atom. The number of aromatic nitrogens is 1. The molecule has 1 aliphatic heterocycles. The Morgan fingerprint density at radius 3 is 2.44 bits per heavy atom. The highest BCUT2D eigenvalue weighted by atomic mass is 32.1. The second-order valence-electron chi connectivity index (χ2n) is 8.79. The van der Waals surface area contributed by atoms with Crippen molar-refractivity contribution in [1.29, 1.82) is 0 Å². The quantitative estimate of drug-likeness (QED) is 0.302. The summed E-state index contributed by atoms with van der Waals surface area (Å²) in [6.07, 6.45) is 3.81. The van der Waals surface area contributed by atoms with E-state index in [0.29, 0.717) is 11.4 Å². The van der Waals surface area contributed by atoms with Gasteiger partial charge in [-0.3, -0.25) is 14.5 Å². The summed E-state index contributed by atoms with van der Waals surface area (Å²) in [6.45, 7) is 2.64. The number of para-hydroxylation sites is 2. The highest BCUT2D eigenvalue weighted by Crippen LogP contribution is 2.42. The maximum Gasteiger partial charge on any atom is 0.264 e. The van der Waals surface area contributed by atoms with Crippen LogP contribution in [0, 0.1) is 0 Å². The van der Waals surface area contributed by atoms with Crippen LogP contribution in [0.15, 0.2) is 84.4 Å². The van der Waals surface area contributed by atoms with Gasteiger partial charge in [-0.05, 0) is 59.8 Å². The van der Waals surface area contributed by atoms with E-state index in [4.69, 9.17) is 4.74 Å². The molecule has 0 saturated carbocycles. The third-order valence-electron chi connectivity index (χ3n) is 6.55. The molecule has 2 aromatic heterocycles. The first kappa shape index (κ1) is 23.9. The predicted molar refractivity (Wildman–Crippen MR) is 143 cm³/mol. The number of methoxy groups -OCH3 is 1. The SMILES string of the molecule is CCCCN(CC(=O)N1c2ccccc2-n2cccc2C1c1ccc(OC)cc1)C(=O)c1cccs1. The molecule has 6 nitrogen and oxygen atoms in total. The van der Waals surface area contributed by atoms with Crippen LogP contribution in [0.1, 0.15) is 46.7 Å². The topological polar surface area (TPSA) is 54.8 Å². The zero-order valence-electron chi connectivity index (χ0n) is 20.5. The number of rotatable bonds is 8. The Bertz CT molecular complexity index is 1340. The summed E-state index contributed by atoms with van der Waals surface area (Å²) in [5, 5.41) is 1.89. The van der Waals surface area contributed by atoms with Gasteiger partial charge >= 0.3 is 0 Å². The average molecular weight is 500 g/mol. The molecule has 0 saturated heterocycles. The summed E-state index contributed by atoms with van der Waals surface area (Å²) in [5.74, 6) is 0.550. The van der Waals surface area contributed by atoms with Crippen molar-refractivity contribution in [3.8, 4) is 11.4 Å². The molecule has 0 aliphatic carbocycles. The normalized spacial score (nSPS) is 14.2. The summed E-state index contributed by atoms with van der Waals surface area (Å²) in [7, 11) is 1.64. The van der Waals surface area contributed by atoms with Crippen molar-refractivity contribution in [1.82, 2.24) is 9.47 Å². The van der Waals surface area contributed by atoms with Gasteiger partial charge < -0.3 is 14.2 Å². The highest BCUT2D eigenvalue weighted by molar-refractivity contribution is 7.12. The minimum atomic E-state index is -0.335. The first-order valence-electron chi connectivity index (χ1n) is 12.2. The van der Waals surface area contributed by atoms with Crippen LogP contribution in [-0.4, -0.2) is 41.5 Å². The molecule has 1 unspecified atom stereocenters. The predicted octanol–water partition coefficient (Wildman–Crippen LogP) is 5.93. The van der Waals surface area contributed by atoms with Gasteiger partial charge in [-0.1, -0.05) is 43.7 Å². The molecule has 2 amide bonds. The van der Waals surface area contributed by atoms with E-state index in [1.807, 2.05) is 83.2 Å². The first-order valence-corrected chi connectivity index (χ1v) is 13.1. The molecule has 7 heteroatoms. The van der Waals surface area contributed by atoms with Crippen LogP contribution in [0.3, 0.4) is 0 Å². The smallest absolute Gasteiger partial charge is 0.264 e. The minimum Gasteiger partial charge on any atom is -0.497 e. The molecule has 3 heterocycles. The zero-order valence-corrected chi connectivity index (χ0v) is 21.3. The van der Waals surface area contributed by atoms with E-state index in [9.17, 15) is 9.59 Å². The van der Waals surface area contributed by atoms with Crippen LogP contribution in [0.2, 0.25) is 0 Å². The van der Waals surface area contributed by atoms with Crippen molar-refractivity contribution in [3.05, 3.63) is 101 Å². The monoisotopic (exact) mass is 499 g/mol. The second kappa shape index (κ2) is 10.4. The first-order chi connectivity index (χ1) is 17.6. The second-order valence-corrected chi connectivity index (χ2v) is 9.74. The fourth-order valence-electron chi connectivity index (χ4n) is 4.76. The molecule has 36 heavy (non-hydrogen) atoms. The van der Waals surface area contributed by atoms with Gasteiger partial charge in [-0.15, -0.1) is 11.3 Å². The van der Waals surface area contributed by atoms with E-state index in [1.54, 1.807) is 12.0 Å². The Morgan fingerprint density at radius 2 is 1.75 bits per heavy atom.